The van der Waals surface area contributed by atoms with Crippen LogP contribution in [0.25, 0.3) is 0 Å². The van der Waals surface area contributed by atoms with E-state index in [-0.39, 0.29) is 5.69 Å². The van der Waals surface area contributed by atoms with Gasteiger partial charge in [0.2, 0.25) is 0 Å². The van der Waals surface area contributed by atoms with E-state index in [1.807, 2.05) is 0 Å². The van der Waals surface area contributed by atoms with Crippen molar-refractivity contribution in [2.75, 3.05) is 0 Å². The standard InChI is InChI=1S/C10H13F2N/c1-9(2,3)10(11,12)8-6-4-5-7-13-8/h4-7H,1-3H3. The van der Waals surface area contributed by atoms with Crippen LogP contribution in [0.1, 0.15) is 26.5 Å². The zero-order chi connectivity index (χ0) is 10.1. The van der Waals surface area contributed by atoms with E-state index in [4.69, 9.17) is 0 Å². The van der Waals surface area contributed by atoms with Crippen molar-refractivity contribution in [2.24, 2.45) is 5.41 Å². The van der Waals surface area contributed by atoms with Crippen molar-refractivity contribution in [1.82, 2.24) is 4.98 Å². The lowest BCUT2D eigenvalue weighted by Gasteiger charge is -2.29. The van der Waals surface area contributed by atoms with Gasteiger partial charge < -0.3 is 0 Å². The van der Waals surface area contributed by atoms with Crippen LogP contribution in [0.3, 0.4) is 0 Å². The molecule has 0 N–H and O–H groups in total. The molecular weight excluding hydrogens is 172 g/mol. The molecule has 1 aromatic heterocycles. The van der Waals surface area contributed by atoms with Crippen LogP contribution < -0.4 is 0 Å². The third kappa shape index (κ3) is 1.85. The molecule has 1 rings (SSSR count). The van der Waals surface area contributed by atoms with Gasteiger partial charge in [0.25, 0.3) is 5.92 Å². The molecule has 0 bridgehead atoms. The lowest BCUT2D eigenvalue weighted by Crippen LogP contribution is -2.31. The molecule has 0 radical (unpaired) electrons. The summed E-state index contributed by atoms with van der Waals surface area (Å²) in [5, 5.41) is 0. The van der Waals surface area contributed by atoms with Crippen LogP contribution in [0.15, 0.2) is 24.4 Å². The third-order valence-corrected chi connectivity index (χ3v) is 1.93. The maximum Gasteiger partial charge on any atom is 0.294 e. The molecule has 1 aromatic rings. The predicted octanol–water partition coefficient (Wildman–Crippen LogP) is 3.22. The summed E-state index contributed by atoms with van der Waals surface area (Å²) in [6, 6.07) is 4.55. The summed E-state index contributed by atoms with van der Waals surface area (Å²) in [6.45, 7) is 4.50. The van der Waals surface area contributed by atoms with Crippen LogP contribution in [-0.4, -0.2) is 4.98 Å². The Bertz CT molecular complexity index is 275. The van der Waals surface area contributed by atoms with Crippen LogP contribution in [0.5, 0.6) is 0 Å². The number of halogens is 2. The quantitative estimate of drug-likeness (QED) is 0.654. The highest BCUT2D eigenvalue weighted by molar-refractivity contribution is 5.12. The molecule has 3 heteroatoms. The first-order chi connectivity index (χ1) is 5.86. The minimum Gasteiger partial charge on any atom is -0.255 e. The molecule has 1 nitrogen and oxygen atoms in total. The van der Waals surface area contributed by atoms with Gasteiger partial charge in [-0.2, -0.15) is 8.78 Å². The SMILES string of the molecule is CC(C)(C)C(F)(F)c1ccccn1. The highest BCUT2D eigenvalue weighted by Gasteiger charge is 2.45. The fourth-order valence-corrected chi connectivity index (χ4v) is 0.933. The minimum atomic E-state index is -2.88. The molecule has 0 aliphatic rings. The highest BCUT2D eigenvalue weighted by atomic mass is 19.3. The van der Waals surface area contributed by atoms with Crippen LogP contribution >= 0.6 is 0 Å². The molecule has 1 heterocycles. The summed E-state index contributed by atoms with van der Waals surface area (Å²) in [6.07, 6.45) is 1.38. The maximum atomic E-state index is 13.6. The average Bonchev–Trinajstić information content (AvgIpc) is 2.04. The molecule has 72 valence electrons. The summed E-state index contributed by atoms with van der Waals surface area (Å²) in [5.74, 6) is -2.88. The maximum absolute atomic E-state index is 13.6. The van der Waals surface area contributed by atoms with Gasteiger partial charge in [-0.25, -0.2) is 0 Å². The summed E-state index contributed by atoms with van der Waals surface area (Å²) >= 11 is 0. The molecule has 0 fully saturated rings. The fraction of sp³-hybridized carbons (Fsp3) is 0.500. The van der Waals surface area contributed by atoms with Crippen molar-refractivity contribution < 1.29 is 8.78 Å². The number of hydrogen-bond donors (Lipinski definition) is 0. The molecule has 13 heavy (non-hydrogen) atoms. The van der Waals surface area contributed by atoms with E-state index in [1.54, 1.807) is 12.1 Å². The van der Waals surface area contributed by atoms with Crippen molar-refractivity contribution in [3.05, 3.63) is 30.1 Å². The lowest BCUT2D eigenvalue weighted by atomic mass is 9.86. The van der Waals surface area contributed by atoms with Crippen LogP contribution in [0.4, 0.5) is 8.78 Å². The van der Waals surface area contributed by atoms with E-state index in [0.717, 1.165) is 0 Å². The van der Waals surface area contributed by atoms with Crippen LogP contribution in [0, 0.1) is 5.41 Å². The van der Waals surface area contributed by atoms with Crippen molar-refractivity contribution in [3.63, 3.8) is 0 Å². The van der Waals surface area contributed by atoms with E-state index in [9.17, 15) is 8.78 Å². The normalized spacial score (nSPS) is 13.0. The van der Waals surface area contributed by atoms with Crippen molar-refractivity contribution in [1.29, 1.82) is 0 Å². The molecule has 0 atom stereocenters. The molecule has 0 spiro atoms. The van der Waals surface area contributed by atoms with Gasteiger partial charge in [-0.05, 0) is 12.1 Å². The highest BCUT2D eigenvalue weighted by Crippen LogP contribution is 2.43. The van der Waals surface area contributed by atoms with E-state index < -0.39 is 11.3 Å². The van der Waals surface area contributed by atoms with Crippen LogP contribution in [0.2, 0.25) is 0 Å². The third-order valence-electron chi connectivity index (χ3n) is 1.93. The number of aromatic nitrogens is 1. The topological polar surface area (TPSA) is 12.9 Å². The van der Waals surface area contributed by atoms with Crippen molar-refractivity contribution in [2.45, 2.75) is 26.7 Å². The number of rotatable bonds is 1. The zero-order valence-electron chi connectivity index (χ0n) is 8.01. The van der Waals surface area contributed by atoms with Gasteiger partial charge in [0.15, 0.2) is 0 Å². The predicted molar refractivity (Wildman–Crippen MR) is 47.6 cm³/mol. The van der Waals surface area contributed by atoms with Gasteiger partial charge in [-0.1, -0.05) is 26.8 Å². The Kier molecular flexibility index (Phi) is 2.37. The monoisotopic (exact) mass is 185 g/mol. The van der Waals surface area contributed by atoms with E-state index >= 15 is 0 Å². The van der Waals surface area contributed by atoms with E-state index in [2.05, 4.69) is 4.98 Å². The van der Waals surface area contributed by atoms with Crippen molar-refractivity contribution >= 4 is 0 Å². The summed E-state index contributed by atoms with van der Waals surface area (Å²) < 4.78 is 27.2. The number of pyridine rings is 1. The smallest absolute Gasteiger partial charge is 0.255 e. The number of hydrogen-bond acceptors (Lipinski definition) is 1. The molecule has 0 aromatic carbocycles. The largest absolute Gasteiger partial charge is 0.294 e. The van der Waals surface area contributed by atoms with Gasteiger partial charge in [0.1, 0.15) is 5.69 Å². The van der Waals surface area contributed by atoms with Gasteiger partial charge in [-0.15, -0.1) is 0 Å². The molecular formula is C10H13F2N. The summed E-state index contributed by atoms with van der Waals surface area (Å²) in [5.41, 5.74) is -1.26. The van der Waals surface area contributed by atoms with Gasteiger partial charge in [0.05, 0.1) is 0 Å². The first-order valence-electron chi connectivity index (χ1n) is 4.15. The number of nitrogens with zero attached hydrogens (tertiary/aromatic N) is 1. The Morgan fingerprint density at radius 3 is 2.15 bits per heavy atom. The minimum absolute atomic E-state index is 0.164. The van der Waals surface area contributed by atoms with Crippen molar-refractivity contribution in [3.8, 4) is 0 Å². The molecule has 0 saturated carbocycles. The second kappa shape index (κ2) is 3.05. The van der Waals surface area contributed by atoms with Crippen LogP contribution in [-0.2, 0) is 5.92 Å². The summed E-state index contributed by atoms with van der Waals surface area (Å²) in [7, 11) is 0. The Morgan fingerprint density at radius 1 is 1.15 bits per heavy atom. The molecule has 0 aliphatic heterocycles. The molecule has 0 aliphatic carbocycles. The molecule has 0 unspecified atom stereocenters. The van der Waals surface area contributed by atoms with Gasteiger partial charge >= 0.3 is 0 Å². The Hall–Kier alpha value is -0.990. The second-order valence-electron chi connectivity index (χ2n) is 4.04. The first-order valence-corrected chi connectivity index (χ1v) is 4.15. The second-order valence-corrected chi connectivity index (χ2v) is 4.04. The molecule has 0 saturated heterocycles. The Labute approximate surface area is 76.8 Å². The van der Waals surface area contributed by atoms with Gasteiger partial charge in [-0.3, -0.25) is 4.98 Å². The average molecular weight is 185 g/mol. The summed E-state index contributed by atoms with van der Waals surface area (Å²) in [4.78, 5) is 3.67. The van der Waals surface area contributed by atoms with E-state index in [1.165, 1.54) is 33.0 Å². The first kappa shape index (κ1) is 10.1. The zero-order valence-corrected chi connectivity index (χ0v) is 8.01. The number of alkyl halides is 2. The lowest BCUT2D eigenvalue weighted by molar-refractivity contribution is -0.108. The molecule has 0 amide bonds. The van der Waals surface area contributed by atoms with E-state index in [0.29, 0.717) is 0 Å². The van der Waals surface area contributed by atoms with Gasteiger partial charge in [0, 0.05) is 11.6 Å². The fourth-order valence-electron chi connectivity index (χ4n) is 0.933. The Balaban J connectivity index is 3.08. The Morgan fingerprint density at radius 2 is 1.77 bits per heavy atom.